The van der Waals surface area contributed by atoms with Gasteiger partial charge in [0.2, 0.25) is 0 Å². The molecule has 0 spiro atoms. The molecule has 0 aliphatic heterocycles. The maximum Gasteiger partial charge on any atom is 0.161 e. The summed E-state index contributed by atoms with van der Waals surface area (Å²) in [5.74, 6) is -1.03. The number of rotatable bonds is 3. The molecular weight excluding hydrogens is 342 g/mol. The van der Waals surface area contributed by atoms with E-state index in [2.05, 4.69) is 20.9 Å². The molecule has 0 amide bonds. The van der Waals surface area contributed by atoms with Gasteiger partial charge in [-0.05, 0) is 33.6 Å². The standard InChI is InChI=1S/C15H11BrF2N2O/c1-21-15-3-2-9(4-10(15)16)7-20-8-19-13-5-11(17)12(18)6-14(13)20/h2-6,8H,7H2,1H3. The Morgan fingerprint density at radius 2 is 1.95 bits per heavy atom. The summed E-state index contributed by atoms with van der Waals surface area (Å²) in [5.41, 5.74) is 1.98. The van der Waals surface area contributed by atoms with E-state index in [1.165, 1.54) is 0 Å². The summed E-state index contributed by atoms with van der Waals surface area (Å²) >= 11 is 3.42. The first-order valence-corrected chi connectivity index (χ1v) is 7.00. The molecule has 3 aromatic rings. The molecule has 2 aromatic carbocycles. The Bertz CT molecular complexity index is 817. The second-order valence-electron chi connectivity index (χ2n) is 4.60. The molecule has 0 saturated carbocycles. The molecule has 0 unspecified atom stereocenters. The summed E-state index contributed by atoms with van der Waals surface area (Å²) in [7, 11) is 1.60. The zero-order valence-corrected chi connectivity index (χ0v) is 12.7. The van der Waals surface area contributed by atoms with Crippen molar-refractivity contribution in [1.82, 2.24) is 9.55 Å². The third kappa shape index (κ3) is 2.63. The minimum absolute atomic E-state index is 0.432. The van der Waals surface area contributed by atoms with Crippen LogP contribution in [0.25, 0.3) is 11.0 Å². The van der Waals surface area contributed by atoms with Gasteiger partial charge in [-0.15, -0.1) is 0 Å². The van der Waals surface area contributed by atoms with Crippen molar-refractivity contribution in [3.05, 3.63) is 58.3 Å². The van der Waals surface area contributed by atoms with Crippen LogP contribution in [0.2, 0.25) is 0 Å². The SMILES string of the molecule is COc1ccc(Cn2cnc3cc(F)c(F)cc32)cc1Br. The van der Waals surface area contributed by atoms with Crippen molar-refractivity contribution in [3.8, 4) is 5.75 Å². The molecule has 0 radical (unpaired) electrons. The normalized spacial score (nSPS) is 11.0. The maximum atomic E-state index is 13.4. The lowest BCUT2D eigenvalue weighted by atomic mass is 10.2. The average molecular weight is 353 g/mol. The summed E-state index contributed by atoms with van der Waals surface area (Å²) in [4.78, 5) is 4.09. The van der Waals surface area contributed by atoms with Crippen LogP contribution in [0.1, 0.15) is 5.56 Å². The average Bonchev–Trinajstić information content (AvgIpc) is 2.82. The van der Waals surface area contributed by atoms with Crippen LogP contribution in [-0.2, 0) is 6.54 Å². The summed E-state index contributed by atoms with van der Waals surface area (Å²) in [5, 5.41) is 0. The van der Waals surface area contributed by atoms with Crippen molar-refractivity contribution >= 4 is 27.0 Å². The first-order chi connectivity index (χ1) is 10.1. The third-order valence-corrected chi connectivity index (χ3v) is 3.85. The minimum atomic E-state index is -0.889. The summed E-state index contributed by atoms with van der Waals surface area (Å²) < 4.78 is 34.3. The number of imidazole rings is 1. The highest BCUT2D eigenvalue weighted by atomic mass is 79.9. The van der Waals surface area contributed by atoms with Gasteiger partial charge in [0, 0.05) is 18.7 Å². The van der Waals surface area contributed by atoms with Gasteiger partial charge < -0.3 is 9.30 Å². The molecule has 0 bridgehead atoms. The van der Waals surface area contributed by atoms with Gasteiger partial charge in [-0.3, -0.25) is 0 Å². The summed E-state index contributed by atoms with van der Waals surface area (Å²) in [6.45, 7) is 0.504. The smallest absolute Gasteiger partial charge is 0.161 e. The van der Waals surface area contributed by atoms with E-state index in [0.717, 1.165) is 27.9 Å². The predicted octanol–water partition coefficient (Wildman–Crippen LogP) is 4.13. The largest absolute Gasteiger partial charge is 0.496 e. The minimum Gasteiger partial charge on any atom is -0.496 e. The molecule has 108 valence electrons. The number of hydrogen-bond donors (Lipinski definition) is 0. The van der Waals surface area contributed by atoms with Crippen molar-refractivity contribution in [2.45, 2.75) is 6.54 Å². The summed E-state index contributed by atoms with van der Waals surface area (Å²) in [6, 6.07) is 7.94. The van der Waals surface area contributed by atoms with Crippen LogP contribution >= 0.6 is 15.9 Å². The number of ether oxygens (including phenoxy) is 1. The molecule has 0 fully saturated rings. The molecule has 0 atom stereocenters. The highest BCUT2D eigenvalue weighted by Gasteiger charge is 2.10. The van der Waals surface area contributed by atoms with Crippen molar-refractivity contribution in [3.63, 3.8) is 0 Å². The molecule has 0 N–H and O–H groups in total. The Kier molecular flexibility index (Phi) is 3.63. The highest BCUT2D eigenvalue weighted by Crippen LogP contribution is 2.26. The first-order valence-electron chi connectivity index (χ1n) is 6.21. The third-order valence-electron chi connectivity index (χ3n) is 3.23. The van der Waals surface area contributed by atoms with E-state index in [0.29, 0.717) is 17.6 Å². The van der Waals surface area contributed by atoms with Crippen LogP contribution in [0.3, 0.4) is 0 Å². The van der Waals surface area contributed by atoms with E-state index in [1.807, 2.05) is 18.2 Å². The Morgan fingerprint density at radius 1 is 1.19 bits per heavy atom. The van der Waals surface area contributed by atoms with Crippen LogP contribution in [0.4, 0.5) is 8.78 Å². The molecule has 21 heavy (non-hydrogen) atoms. The van der Waals surface area contributed by atoms with E-state index >= 15 is 0 Å². The monoisotopic (exact) mass is 352 g/mol. The Morgan fingerprint density at radius 3 is 2.67 bits per heavy atom. The summed E-state index contributed by atoms with van der Waals surface area (Å²) in [6.07, 6.45) is 1.57. The fraction of sp³-hybridized carbons (Fsp3) is 0.133. The van der Waals surface area contributed by atoms with E-state index in [9.17, 15) is 8.78 Å². The number of halogens is 3. The van der Waals surface area contributed by atoms with Crippen LogP contribution in [0, 0.1) is 11.6 Å². The fourth-order valence-corrected chi connectivity index (χ4v) is 2.77. The van der Waals surface area contributed by atoms with Gasteiger partial charge in [0.15, 0.2) is 11.6 Å². The molecule has 1 heterocycles. The molecule has 6 heteroatoms. The quantitative estimate of drug-likeness (QED) is 0.708. The Labute approximate surface area is 128 Å². The van der Waals surface area contributed by atoms with Gasteiger partial charge in [-0.2, -0.15) is 0 Å². The lowest BCUT2D eigenvalue weighted by Gasteiger charge is -2.08. The van der Waals surface area contributed by atoms with Gasteiger partial charge in [-0.1, -0.05) is 6.07 Å². The van der Waals surface area contributed by atoms with Crippen LogP contribution in [0.5, 0.6) is 5.75 Å². The second kappa shape index (κ2) is 5.44. The lowest BCUT2D eigenvalue weighted by Crippen LogP contribution is -1.99. The molecule has 0 aliphatic carbocycles. The fourth-order valence-electron chi connectivity index (χ4n) is 2.18. The van der Waals surface area contributed by atoms with Gasteiger partial charge >= 0.3 is 0 Å². The van der Waals surface area contributed by atoms with Crippen LogP contribution < -0.4 is 4.74 Å². The molecule has 3 rings (SSSR count). The zero-order chi connectivity index (χ0) is 15.0. The van der Waals surface area contributed by atoms with Crippen LogP contribution in [0.15, 0.2) is 41.1 Å². The van der Waals surface area contributed by atoms with E-state index < -0.39 is 11.6 Å². The number of methoxy groups -OCH3 is 1. The molecule has 0 aliphatic rings. The first kappa shape index (κ1) is 14.0. The topological polar surface area (TPSA) is 27.1 Å². The predicted molar refractivity (Wildman–Crippen MR) is 79.4 cm³/mol. The Hall–Kier alpha value is -1.95. The van der Waals surface area contributed by atoms with Crippen molar-refractivity contribution in [1.29, 1.82) is 0 Å². The molecule has 3 nitrogen and oxygen atoms in total. The number of hydrogen-bond acceptors (Lipinski definition) is 2. The lowest BCUT2D eigenvalue weighted by molar-refractivity contribution is 0.412. The molecule has 0 saturated heterocycles. The van der Waals surface area contributed by atoms with Gasteiger partial charge in [-0.25, -0.2) is 13.8 Å². The van der Waals surface area contributed by atoms with E-state index in [1.54, 1.807) is 18.0 Å². The van der Waals surface area contributed by atoms with Gasteiger partial charge in [0.25, 0.3) is 0 Å². The number of benzene rings is 2. The van der Waals surface area contributed by atoms with Crippen molar-refractivity contribution < 1.29 is 13.5 Å². The van der Waals surface area contributed by atoms with Gasteiger partial charge in [0.1, 0.15) is 5.75 Å². The molecular formula is C15H11BrF2N2O. The Balaban J connectivity index is 1.98. The van der Waals surface area contributed by atoms with Crippen LogP contribution in [-0.4, -0.2) is 16.7 Å². The maximum absolute atomic E-state index is 13.4. The van der Waals surface area contributed by atoms with Crippen molar-refractivity contribution in [2.75, 3.05) is 7.11 Å². The van der Waals surface area contributed by atoms with Crippen molar-refractivity contribution in [2.24, 2.45) is 0 Å². The highest BCUT2D eigenvalue weighted by molar-refractivity contribution is 9.10. The zero-order valence-electron chi connectivity index (χ0n) is 11.1. The van der Waals surface area contributed by atoms with Gasteiger partial charge in [0.05, 0.1) is 28.9 Å². The molecule has 1 aromatic heterocycles. The number of nitrogens with zero attached hydrogens (tertiary/aromatic N) is 2. The van der Waals surface area contributed by atoms with E-state index in [4.69, 9.17) is 4.74 Å². The number of fused-ring (bicyclic) bond motifs is 1. The number of aromatic nitrogens is 2. The second-order valence-corrected chi connectivity index (χ2v) is 5.45. The van der Waals surface area contributed by atoms with E-state index in [-0.39, 0.29) is 0 Å².